The van der Waals surface area contributed by atoms with Crippen molar-refractivity contribution in [1.82, 2.24) is 15.1 Å². The lowest BCUT2D eigenvalue weighted by atomic mass is 10.1. The Kier molecular flexibility index (Phi) is 4.99. The molecule has 0 unspecified atom stereocenters. The number of hydrogen-bond acceptors (Lipinski definition) is 4. The molecule has 0 bridgehead atoms. The van der Waals surface area contributed by atoms with Crippen LogP contribution in [0.15, 0.2) is 41.2 Å². The topological polar surface area (TPSA) is 56.1 Å². The van der Waals surface area contributed by atoms with Gasteiger partial charge in [0.25, 0.3) is 5.56 Å². The molecule has 0 spiro atoms. The number of ether oxygens (including phenoxy) is 1. The Hall–Kier alpha value is -2.28. The van der Waals surface area contributed by atoms with Crippen LogP contribution in [0.2, 0.25) is 0 Å². The minimum atomic E-state index is -2.92. The lowest BCUT2D eigenvalue weighted by Crippen LogP contribution is -2.27. The maximum Gasteiger partial charge on any atom is 0.387 e. The van der Waals surface area contributed by atoms with E-state index in [4.69, 9.17) is 0 Å². The molecule has 0 radical (unpaired) electrons. The number of nitrogens with one attached hydrogen (secondary N) is 1. The smallest absolute Gasteiger partial charge is 0.387 e. The van der Waals surface area contributed by atoms with Crippen LogP contribution in [0, 0.1) is 0 Å². The van der Waals surface area contributed by atoms with Crippen LogP contribution in [0.3, 0.4) is 0 Å². The Morgan fingerprint density at radius 1 is 1.29 bits per heavy atom. The van der Waals surface area contributed by atoms with E-state index in [-0.39, 0.29) is 11.3 Å². The molecule has 0 aliphatic heterocycles. The molecule has 2 rings (SSSR count). The van der Waals surface area contributed by atoms with Gasteiger partial charge in [0.05, 0.1) is 12.2 Å². The van der Waals surface area contributed by atoms with Crippen molar-refractivity contribution < 1.29 is 13.5 Å². The zero-order valence-electron chi connectivity index (χ0n) is 11.4. The molecule has 7 heteroatoms. The maximum absolute atomic E-state index is 12.4. The van der Waals surface area contributed by atoms with Gasteiger partial charge in [0.1, 0.15) is 5.75 Å². The first kappa shape index (κ1) is 15.1. The van der Waals surface area contributed by atoms with Crippen LogP contribution in [0.5, 0.6) is 5.75 Å². The Balaban J connectivity index is 2.40. The average molecular weight is 295 g/mol. The van der Waals surface area contributed by atoms with E-state index in [9.17, 15) is 13.6 Å². The molecule has 1 heterocycles. The van der Waals surface area contributed by atoms with Gasteiger partial charge in [-0.15, -0.1) is 0 Å². The molecule has 0 amide bonds. The zero-order valence-corrected chi connectivity index (χ0v) is 11.4. The van der Waals surface area contributed by atoms with E-state index in [1.807, 2.05) is 0 Å². The van der Waals surface area contributed by atoms with E-state index in [1.54, 1.807) is 25.2 Å². The Morgan fingerprint density at radius 3 is 2.76 bits per heavy atom. The van der Waals surface area contributed by atoms with E-state index in [0.717, 1.165) is 0 Å². The highest BCUT2D eigenvalue weighted by atomic mass is 19.3. The van der Waals surface area contributed by atoms with Crippen LogP contribution < -0.4 is 15.6 Å². The number of hydrogen-bond donors (Lipinski definition) is 1. The Morgan fingerprint density at radius 2 is 2.05 bits per heavy atom. The molecule has 112 valence electrons. The molecule has 2 aromatic rings. The summed E-state index contributed by atoms with van der Waals surface area (Å²) in [6.07, 6.45) is 0. The van der Waals surface area contributed by atoms with E-state index < -0.39 is 6.61 Å². The maximum atomic E-state index is 12.4. The molecule has 0 aliphatic rings. The minimum absolute atomic E-state index is 0.0267. The molecular weight excluding hydrogens is 280 g/mol. The van der Waals surface area contributed by atoms with E-state index in [0.29, 0.717) is 24.3 Å². The lowest BCUT2D eigenvalue weighted by molar-refractivity contribution is -0.0494. The van der Waals surface area contributed by atoms with Gasteiger partial charge in [0.2, 0.25) is 0 Å². The second-order valence-corrected chi connectivity index (χ2v) is 4.26. The predicted octanol–water partition coefficient (Wildman–Crippen LogP) is 1.73. The van der Waals surface area contributed by atoms with Gasteiger partial charge in [0.15, 0.2) is 0 Å². The monoisotopic (exact) mass is 295 g/mol. The number of halogens is 2. The van der Waals surface area contributed by atoms with Gasteiger partial charge < -0.3 is 10.1 Å². The standard InChI is InChI=1S/C14H15F2N3O2/c1-17-8-9-19-13(20)7-6-11(18-19)10-4-2-3-5-12(10)21-14(15)16/h2-7,14,17H,8-9H2,1H3. The van der Waals surface area contributed by atoms with Crippen molar-refractivity contribution in [2.24, 2.45) is 0 Å². The first-order chi connectivity index (χ1) is 10.1. The largest absolute Gasteiger partial charge is 0.434 e. The van der Waals surface area contributed by atoms with Gasteiger partial charge >= 0.3 is 6.61 Å². The van der Waals surface area contributed by atoms with E-state index in [1.165, 1.54) is 22.9 Å². The molecular formula is C14H15F2N3O2. The SMILES string of the molecule is CNCCn1nc(-c2ccccc2OC(F)F)ccc1=O. The fourth-order valence-electron chi connectivity index (χ4n) is 1.85. The summed E-state index contributed by atoms with van der Waals surface area (Å²) in [5.41, 5.74) is 0.569. The van der Waals surface area contributed by atoms with Crippen molar-refractivity contribution in [3.8, 4) is 17.0 Å². The fraction of sp³-hybridized carbons (Fsp3) is 0.286. The molecule has 1 aromatic heterocycles. The van der Waals surface area contributed by atoms with Crippen LogP contribution >= 0.6 is 0 Å². The van der Waals surface area contributed by atoms with Crippen molar-refractivity contribution in [1.29, 1.82) is 0 Å². The Labute approximate surface area is 120 Å². The van der Waals surface area contributed by atoms with Crippen molar-refractivity contribution in [2.45, 2.75) is 13.2 Å². The van der Waals surface area contributed by atoms with Gasteiger partial charge in [-0.05, 0) is 25.2 Å². The summed E-state index contributed by atoms with van der Waals surface area (Å²) >= 11 is 0. The quantitative estimate of drug-likeness (QED) is 0.882. The third-order valence-corrected chi connectivity index (χ3v) is 2.82. The zero-order chi connectivity index (χ0) is 15.2. The number of aromatic nitrogens is 2. The number of likely N-dealkylation sites (N-methyl/N-ethyl adjacent to an activating group) is 1. The second-order valence-electron chi connectivity index (χ2n) is 4.26. The summed E-state index contributed by atoms with van der Waals surface area (Å²) in [7, 11) is 1.76. The van der Waals surface area contributed by atoms with Crippen LogP contribution in [0.4, 0.5) is 8.78 Å². The van der Waals surface area contributed by atoms with Gasteiger partial charge in [-0.2, -0.15) is 13.9 Å². The van der Waals surface area contributed by atoms with Crippen molar-refractivity contribution in [2.75, 3.05) is 13.6 Å². The van der Waals surface area contributed by atoms with Crippen molar-refractivity contribution in [3.63, 3.8) is 0 Å². The molecule has 0 fully saturated rings. The molecule has 21 heavy (non-hydrogen) atoms. The van der Waals surface area contributed by atoms with E-state index in [2.05, 4.69) is 15.2 Å². The molecule has 0 aliphatic carbocycles. The van der Waals surface area contributed by atoms with Gasteiger partial charge in [-0.1, -0.05) is 12.1 Å². The number of alkyl halides is 2. The summed E-state index contributed by atoms with van der Waals surface area (Å²) in [5, 5.41) is 7.10. The van der Waals surface area contributed by atoms with Gasteiger partial charge in [-0.3, -0.25) is 4.79 Å². The molecule has 0 atom stereocenters. The molecule has 1 aromatic carbocycles. The highest BCUT2D eigenvalue weighted by Gasteiger charge is 2.12. The summed E-state index contributed by atoms with van der Waals surface area (Å²) in [6, 6.07) is 9.19. The average Bonchev–Trinajstić information content (AvgIpc) is 2.46. The van der Waals surface area contributed by atoms with Crippen LogP contribution in [0.25, 0.3) is 11.3 Å². The van der Waals surface area contributed by atoms with Gasteiger partial charge in [-0.25, -0.2) is 4.68 Å². The second kappa shape index (κ2) is 6.94. The molecule has 0 saturated carbocycles. The van der Waals surface area contributed by atoms with Crippen LogP contribution in [-0.4, -0.2) is 30.0 Å². The summed E-state index contributed by atoms with van der Waals surface area (Å²) in [4.78, 5) is 11.7. The number of para-hydroxylation sites is 1. The summed E-state index contributed by atoms with van der Waals surface area (Å²) < 4.78 is 30.6. The number of benzene rings is 1. The van der Waals surface area contributed by atoms with Crippen LogP contribution in [-0.2, 0) is 6.54 Å². The molecule has 5 nitrogen and oxygen atoms in total. The van der Waals surface area contributed by atoms with Crippen LogP contribution in [0.1, 0.15) is 0 Å². The first-order valence-corrected chi connectivity index (χ1v) is 6.39. The summed E-state index contributed by atoms with van der Waals surface area (Å²) in [6.45, 7) is -1.95. The Bertz CT molecular complexity index is 659. The first-order valence-electron chi connectivity index (χ1n) is 6.39. The fourth-order valence-corrected chi connectivity index (χ4v) is 1.85. The highest BCUT2D eigenvalue weighted by molar-refractivity contribution is 5.66. The van der Waals surface area contributed by atoms with Crippen molar-refractivity contribution >= 4 is 0 Å². The molecule has 1 N–H and O–H groups in total. The minimum Gasteiger partial charge on any atom is -0.434 e. The predicted molar refractivity (Wildman–Crippen MR) is 74.5 cm³/mol. The normalized spacial score (nSPS) is 10.9. The molecule has 0 saturated heterocycles. The van der Waals surface area contributed by atoms with Gasteiger partial charge in [0, 0.05) is 18.2 Å². The lowest BCUT2D eigenvalue weighted by Gasteiger charge is -2.11. The highest BCUT2D eigenvalue weighted by Crippen LogP contribution is 2.28. The third kappa shape index (κ3) is 3.85. The number of rotatable bonds is 6. The number of nitrogens with zero attached hydrogens (tertiary/aromatic N) is 2. The van der Waals surface area contributed by atoms with Crippen molar-refractivity contribution in [3.05, 3.63) is 46.8 Å². The third-order valence-electron chi connectivity index (χ3n) is 2.82. The van der Waals surface area contributed by atoms with E-state index >= 15 is 0 Å². The summed E-state index contributed by atoms with van der Waals surface area (Å²) in [5.74, 6) is 0.0267.